The van der Waals surface area contributed by atoms with Crippen LogP contribution >= 0.6 is 0 Å². The van der Waals surface area contributed by atoms with E-state index in [1.807, 2.05) is 13.8 Å². The van der Waals surface area contributed by atoms with Gasteiger partial charge in [-0.3, -0.25) is 4.79 Å². The molecule has 0 aliphatic rings. The number of allylic oxidation sites excluding steroid dienone is 2. The molecule has 52 valence electrons. The van der Waals surface area contributed by atoms with Crippen molar-refractivity contribution in [2.45, 2.75) is 13.8 Å². The molecule has 2 nitrogen and oxygen atoms in total. The Hall–Kier alpha value is -1.05. The lowest BCUT2D eigenvalue weighted by Gasteiger charge is -1.71. The highest BCUT2D eigenvalue weighted by atomic mass is 16.1. The van der Waals surface area contributed by atoms with Crippen molar-refractivity contribution in [1.29, 1.82) is 0 Å². The van der Waals surface area contributed by atoms with Crippen LogP contribution in [0.3, 0.4) is 0 Å². The number of rotatable bonds is 2. The first-order valence-electron chi connectivity index (χ1n) is 2.86. The van der Waals surface area contributed by atoms with Crippen LogP contribution in [-0.2, 0) is 4.79 Å². The summed E-state index contributed by atoms with van der Waals surface area (Å²) in [5.41, 5.74) is 4.70. The number of carbonyl (C=O) groups excluding carboxylic acids is 1. The zero-order chi connectivity index (χ0) is 7.70. The van der Waals surface area contributed by atoms with Gasteiger partial charge in [0.15, 0.2) is 0 Å². The molecule has 2 N–H and O–H groups in total. The smallest absolute Gasteiger partial charge is 0.241 e. The van der Waals surface area contributed by atoms with E-state index in [0.29, 0.717) is 0 Å². The Morgan fingerprint density at radius 2 is 2.00 bits per heavy atom. The van der Waals surface area contributed by atoms with Gasteiger partial charge in [-0.1, -0.05) is 32.6 Å². The van der Waals surface area contributed by atoms with E-state index in [4.69, 9.17) is 5.73 Å². The normalized spacial score (nSPS) is 7.78. The molecule has 0 atom stereocenters. The van der Waals surface area contributed by atoms with Gasteiger partial charge < -0.3 is 5.73 Å². The van der Waals surface area contributed by atoms with Crippen molar-refractivity contribution >= 4 is 5.91 Å². The largest absolute Gasteiger partial charge is 0.366 e. The molecule has 0 aliphatic heterocycles. The number of hydrogen-bond acceptors (Lipinski definition) is 1. The van der Waals surface area contributed by atoms with Crippen LogP contribution in [0, 0.1) is 0 Å². The standard InChI is InChI=1S/C5H7NO.C2H6/c1-2-3-4-5(6)7;1-2/h2-4H,1H2,(H2,6,7);1-2H3/b4-3-;. The number of amides is 1. The van der Waals surface area contributed by atoms with Gasteiger partial charge in [-0.25, -0.2) is 0 Å². The van der Waals surface area contributed by atoms with Crippen LogP contribution in [0.25, 0.3) is 0 Å². The molecule has 0 aromatic heterocycles. The fraction of sp³-hybridized carbons (Fsp3) is 0.286. The molecule has 0 heterocycles. The first-order valence-corrected chi connectivity index (χ1v) is 2.86. The van der Waals surface area contributed by atoms with Crippen LogP contribution in [0.2, 0.25) is 0 Å². The van der Waals surface area contributed by atoms with Crippen molar-refractivity contribution in [3.63, 3.8) is 0 Å². The fourth-order valence-electron chi connectivity index (χ4n) is 0.163. The van der Waals surface area contributed by atoms with Gasteiger partial charge in [-0.15, -0.1) is 0 Å². The molecule has 0 saturated carbocycles. The molecule has 0 aromatic carbocycles. The van der Waals surface area contributed by atoms with Crippen molar-refractivity contribution in [1.82, 2.24) is 0 Å². The van der Waals surface area contributed by atoms with E-state index in [2.05, 4.69) is 6.58 Å². The quantitative estimate of drug-likeness (QED) is 0.440. The van der Waals surface area contributed by atoms with Crippen LogP contribution in [0.15, 0.2) is 24.8 Å². The lowest BCUT2D eigenvalue weighted by Crippen LogP contribution is -2.04. The molecule has 0 rings (SSSR count). The summed E-state index contributed by atoms with van der Waals surface area (Å²) < 4.78 is 0. The maximum absolute atomic E-state index is 9.85. The predicted molar refractivity (Wildman–Crippen MR) is 39.9 cm³/mol. The molecule has 0 bridgehead atoms. The average Bonchev–Trinajstić information content (AvgIpc) is 1.88. The SMILES string of the molecule is C=C/C=C\C(N)=O.CC. The van der Waals surface area contributed by atoms with Gasteiger partial charge in [0, 0.05) is 6.08 Å². The number of hydrogen-bond donors (Lipinski definition) is 1. The van der Waals surface area contributed by atoms with E-state index in [-0.39, 0.29) is 0 Å². The highest BCUT2D eigenvalue weighted by Crippen LogP contribution is 1.67. The van der Waals surface area contributed by atoms with Gasteiger partial charge in [0.2, 0.25) is 5.91 Å². The highest BCUT2D eigenvalue weighted by Gasteiger charge is 1.74. The average molecular weight is 127 g/mol. The number of primary amides is 1. The molecule has 0 unspecified atom stereocenters. The topological polar surface area (TPSA) is 43.1 Å². The van der Waals surface area contributed by atoms with Crippen molar-refractivity contribution in [2.24, 2.45) is 5.73 Å². The van der Waals surface area contributed by atoms with Crippen molar-refractivity contribution < 1.29 is 4.79 Å². The van der Waals surface area contributed by atoms with E-state index in [9.17, 15) is 4.79 Å². The maximum atomic E-state index is 9.85. The Balaban J connectivity index is 0. The zero-order valence-corrected chi connectivity index (χ0v) is 5.92. The Morgan fingerprint density at radius 1 is 1.56 bits per heavy atom. The molecule has 0 aliphatic carbocycles. The van der Waals surface area contributed by atoms with Gasteiger partial charge in [0.05, 0.1) is 0 Å². The first-order chi connectivity index (χ1) is 4.27. The molecular formula is C7H13NO. The second-order valence-electron chi connectivity index (χ2n) is 0.997. The molecule has 0 spiro atoms. The lowest BCUT2D eigenvalue weighted by atomic mass is 10.5. The minimum atomic E-state index is -0.445. The summed E-state index contributed by atoms with van der Waals surface area (Å²) in [6.45, 7) is 7.34. The Morgan fingerprint density at radius 3 is 2.11 bits per heavy atom. The summed E-state index contributed by atoms with van der Waals surface area (Å²) in [7, 11) is 0. The van der Waals surface area contributed by atoms with E-state index in [0.717, 1.165) is 0 Å². The zero-order valence-electron chi connectivity index (χ0n) is 5.92. The predicted octanol–water partition coefficient (Wildman–Crippen LogP) is 1.24. The molecule has 0 aromatic rings. The third-order valence-electron chi connectivity index (χ3n) is 0.397. The summed E-state index contributed by atoms with van der Waals surface area (Å²) >= 11 is 0. The summed E-state index contributed by atoms with van der Waals surface area (Å²) in [6.07, 6.45) is 4.22. The van der Waals surface area contributed by atoms with Crippen LogP contribution < -0.4 is 5.73 Å². The van der Waals surface area contributed by atoms with Crippen molar-refractivity contribution in [2.75, 3.05) is 0 Å². The summed E-state index contributed by atoms with van der Waals surface area (Å²) in [5.74, 6) is -0.445. The van der Waals surface area contributed by atoms with Crippen LogP contribution in [0.4, 0.5) is 0 Å². The van der Waals surface area contributed by atoms with Gasteiger partial charge in [-0.05, 0) is 0 Å². The molecule has 1 amide bonds. The van der Waals surface area contributed by atoms with Crippen molar-refractivity contribution in [3.8, 4) is 0 Å². The number of carbonyl (C=O) groups is 1. The van der Waals surface area contributed by atoms with E-state index >= 15 is 0 Å². The minimum Gasteiger partial charge on any atom is -0.366 e. The minimum absolute atomic E-state index is 0.445. The summed E-state index contributed by atoms with van der Waals surface area (Å²) in [6, 6.07) is 0. The molecule has 0 fully saturated rings. The first kappa shape index (κ1) is 10.8. The summed E-state index contributed by atoms with van der Waals surface area (Å²) in [5, 5.41) is 0. The summed E-state index contributed by atoms with van der Waals surface area (Å²) in [4.78, 5) is 9.85. The Labute approximate surface area is 56.1 Å². The highest BCUT2D eigenvalue weighted by molar-refractivity contribution is 5.85. The Bertz CT molecular complexity index is 105. The van der Waals surface area contributed by atoms with Gasteiger partial charge in [0.25, 0.3) is 0 Å². The van der Waals surface area contributed by atoms with Gasteiger partial charge in [-0.2, -0.15) is 0 Å². The third kappa shape index (κ3) is 19.6. The fourth-order valence-corrected chi connectivity index (χ4v) is 0.163. The molecule has 2 heteroatoms. The third-order valence-corrected chi connectivity index (χ3v) is 0.397. The maximum Gasteiger partial charge on any atom is 0.241 e. The second kappa shape index (κ2) is 10.0. The van der Waals surface area contributed by atoms with E-state index in [1.54, 1.807) is 0 Å². The van der Waals surface area contributed by atoms with E-state index < -0.39 is 5.91 Å². The van der Waals surface area contributed by atoms with E-state index in [1.165, 1.54) is 18.2 Å². The lowest BCUT2D eigenvalue weighted by molar-refractivity contribution is -0.113. The second-order valence-corrected chi connectivity index (χ2v) is 0.997. The monoisotopic (exact) mass is 127 g/mol. The molecular weight excluding hydrogens is 114 g/mol. The molecule has 9 heavy (non-hydrogen) atoms. The van der Waals surface area contributed by atoms with Crippen LogP contribution in [0.5, 0.6) is 0 Å². The van der Waals surface area contributed by atoms with Crippen LogP contribution in [0.1, 0.15) is 13.8 Å². The van der Waals surface area contributed by atoms with Gasteiger partial charge >= 0.3 is 0 Å². The number of nitrogens with two attached hydrogens (primary N) is 1. The molecule has 0 radical (unpaired) electrons. The van der Waals surface area contributed by atoms with Crippen LogP contribution in [-0.4, -0.2) is 5.91 Å². The van der Waals surface area contributed by atoms with Gasteiger partial charge in [0.1, 0.15) is 0 Å². The Kier molecular flexibility index (Phi) is 12.1. The van der Waals surface area contributed by atoms with Crippen molar-refractivity contribution in [3.05, 3.63) is 24.8 Å². The molecule has 0 saturated heterocycles.